The van der Waals surface area contributed by atoms with Crippen molar-refractivity contribution in [1.29, 1.82) is 0 Å². The Morgan fingerprint density at radius 2 is 2.15 bits per heavy atom. The number of anilines is 1. The molecule has 104 valence electrons. The first-order valence-electron chi connectivity index (χ1n) is 6.16. The van der Waals surface area contributed by atoms with E-state index in [0.717, 1.165) is 0 Å². The van der Waals surface area contributed by atoms with Crippen LogP contribution in [0.2, 0.25) is 0 Å². The quantitative estimate of drug-likeness (QED) is 0.799. The zero-order valence-corrected chi connectivity index (χ0v) is 12.4. The molecule has 0 aromatic carbocycles. The summed E-state index contributed by atoms with van der Waals surface area (Å²) in [5.41, 5.74) is 8.58. The molecule has 0 aliphatic rings. The van der Waals surface area contributed by atoms with Crippen LogP contribution in [0.3, 0.4) is 0 Å². The molecule has 0 radical (unpaired) electrons. The third kappa shape index (κ3) is 2.00. The fraction of sp³-hybridized carbons (Fsp3) is 0.308. The fourth-order valence-corrected chi connectivity index (χ4v) is 3.16. The van der Waals surface area contributed by atoms with Crippen molar-refractivity contribution in [3.05, 3.63) is 27.7 Å². The topological polar surface area (TPSA) is 78.8 Å². The minimum Gasteiger partial charge on any atom is -0.479 e. The second-order valence-corrected chi connectivity index (χ2v) is 5.90. The zero-order valence-electron chi connectivity index (χ0n) is 11.5. The number of fused-ring (bicyclic) bond motifs is 1. The van der Waals surface area contributed by atoms with Crippen LogP contribution >= 0.6 is 11.3 Å². The average Bonchev–Trinajstić information content (AvgIpc) is 2.91. The Morgan fingerprint density at radius 1 is 1.35 bits per heavy atom. The first-order chi connectivity index (χ1) is 9.60. The number of hydrogen-bond donors (Lipinski definition) is 1. The van der Waals surface area contributed by atoms with Crippen molar-refractivity contribution in [1.82, 2.24) is 19.5 Å². The number of aryl methyl sites for hydroxylation is 2. The van der Waals surface area contributed by atoms with Crippen LogP contribution in [0.5, 0.6) is 5.88 Å². The van der Waals surface area contributed by atoms with Crippen molar-refractivity contribution in [2.45, 2.75) is 20.4 Å². The third-order valence-electron chi connectivity index (χ3n) is 3.25. The van der Waals surface area contributed by atoms with Gasteiger partial charge < -0.3 is 10.5 Å². The number of rotatable bonds is 3. The Morgan fingerprint density at radius 3 is 2.80 bits per heavy atom. The lowest BCUT2D eigenvalue weighted by molar-refractivity contribution is 0.401. The van der Waals surface area contributed by atoms with E-state index in [1.54, 1.807) is 18.4 Å². The van der Waals surface area contributed by atoms with Crippen LogP contribution in [-0.4, -0.2) is 26.6 Å². The van der Waals surface area contributed by atoms with Crippen LogP contribution in [0.1, 0.15) is 15.3 Å². The maximum atomic E-state index is 6.00. The molecule has 3 heterocycles. The van der Waals surface area contributed by atoms with Gasteiger partial charge in [0.1, 0.15) is 6.33 Å². The lowest BCUT2D eigenvalue weighted by Crippen LogP contribution is -2.04. The molecule has 20 heavy (non-hydrogen) atoms. The third-order valence-corrected chi connectivity index (χ3v) is 4.39. The monoisotopic (exact) mass is 289 g/mol. The molecular weight excluding hydrogens is 274 g/mol. The molecule has 0 bridgehead atoms. The van der Waals surface area contributed by atoms with Crippen LogP contribution in [0, 0.1) is 13.8 Å². The van der Waals surface area contributed by atoms with E-state index < -0.39 is 0 Å². The highest BCUT2D eigenvalue weighted by molar-refractivity contribution is 7.12. The molecule has 0 aliphatic heterocycles. The highest BCUT2D eigenvalue weighted by atomic mass is 32.1. The van der Waals surface area contributed by atoms with Gasteiger partial charge in [0, 0.05) is 9.75 Å². The second kappa shape index (κ2) is 4.75. The minimum absolute atomic E-state index is 0.419. The highest BCUT2D eigenvalue weighted by Gasteiger charge is 2.15. The molecule has 0 fully saturated rings. The van der Waals surface area contributed by atoms with Crippen LogP contribution in [0.15, 0.2) is 12.4 Å². The Labute approximate surface area is 120 Å². The molecule has 3 rings (SSSR count). The summed E-state index contributed by atoms with van der Waals surface area (Å²) >= 11 is 1.76. The van der Waals surface area contributed by atoms with E-state index in [1.165, 1.54) is 21.6 Å². The molecule has 0 saturated carbocycles. The van der Waals surface area contributed by atoms with Gasteiger partial charge >= 0.3 is 0 Å². The van der Waals surface area contributed by atoms with Gasteiger partial charge in [-0.25, -0.2) is 9.97 Å². The van der Waals surface area contributed by atoms with Crippen molar-refractivity contribution >= 4 is 28.4 Å². The minimum atomic E-state index is 0.419. The van der Waals surface area contributed by atoms with Crippen LogP contribution in [0.4, 0.5) is 5.95 Å². The molecule has 6 nitrogen and oxygen atoms in total. The average molecular weight is 289 g/mol. The van der Waals surface area contributed by atoms with Gasteiger partial charge in [-0.05, 0) is 25.5 Å². The molecule has 2 N–H and O–H groups in total. The zero-order chi connectivity index (χ0) is 14.3. The van der Waals surface area contributed by atoms with Gasteiger partial charge in [-0.2, -0.15) is 4.98 Å². The van der Waals surface area contributed by atoms with Crippen molar-refractivity contribution in [3.8, 4) is 5.88 Å². The number of hydrogen-bond acceptors (Lipinski definition) is 6. The van der Waals surface area contributed by atoms with E-state index in [2.05, 4.69) is 34.9 Å². The molecular formula is C13H15N5OS. The van der Waals surface area contributed by atoms with Gasteiger partial charge in [0.15, 0.2) is 11.2 Å². The summed E-state index contributed by atoms with van der Waals surface area (Å²) < 4.78 is 7.07. The smallest absolute Gasteiger partial charge is 0.245 e. The predicted octanol–water partition coefficient (Wildman–Crippen LogP) is 2.14. The molecule has 3 aromatic rings. The largest absolute Gasteiger partial charge is 0.479 e. The summed E-state index contributed by atoms with van der Waals surface area (Å²) in [4.78, 5) is 15.2. The Balaban J connectivity index is 2.09. The molecule has 0 unspecified atom stereocenters. The molecule has 0 amide bonds. The summed E-state index contributed by atoms with van der Waals surface area (Å²) in [5, 5.41) is 0. The summed E-state index contributed by atoms with van der Waals surface area (Å²) in [6.07, 6.45) is 1.46. The van der Waals surface area contributed by atoms with E-state index in [9.17, 15) is 0 Å². The first kappa shape index (κ1) is 12.9. The molecule has 0 spiro atoms. The van der Waals surface area contributed by atoms with Crippen LogP contribution in [-0.2, 0) is 6.54 Å². The lowest BCUT2D eigenvalue weighted by atomic mass is 10.3. The normalized spacial score (nSPS) is 11.2. The Bertz CT molecular complexity index is 757. The molecule has 3 aromatic heterocycles. The van der Waals surface area contributed by atoms with Crippen LogP contribution in [0.25, 0.3) is 11.2 Å². The number of ether oxygens (including phenoxy) is 1. The van der Waals surface area contributed by atoms with Crippen molar-refractivity contribution in [2.24, 2.45) is 0 Å². The summed E-state index contributed by atoms with van der Waals surface area (Å²) in [7, 11) is 1.56. The van der Waals surface area contributed by atoms with Gasteiger partial charge in [-0.1, -0.05) is 0 Å². The predicted molar refractivity (Wildman–Crippen MR) is 79.2 cm³/mol. The highest BCUT2D eigenvalue weighted by Crippen LogP contribution is 2.26. The Hall–Kier alpha value is -2.15. The molecule has 0 atom stereocenters. The number of thiophene rings is 1. The van der Waals surface area contributed by atoms with Gasteiger partial charge in [-0.15, -0.1) is 11.3 Å². The van der Waals surface area contributed by atoms with E-state index in [1.807, 2.05) is 4.57 Å². The molecule has 0 saturated heterocycles. The van der Waals surface area contributed by atoms with Gasteiger partial charge in [0.2, 0.25) is 11.8 Å². The van der Waals surface area contributed by atoms with Crippen molar-refractivity contribution in [2.75, 3.05) is 12.8 Å². The van der Waals surface area contributed by atoms with Gasteiger partial charge in [-0.3, -0.25) is 4.57 Å². The SMILES string of the molecule is COc1ncnc2c1nc(N)n2Cc1cc(C)c(C)s1. The number of nitrogens with two attached hydrogens (primary N) is 1. The molecule has 7 heteroatoms. The summed E-state index contributed by atoms with van der Waals surface area (Å²) in [6, 6.07) is 2.17. The lowest BCUT2D eigenvalue weighted by Gasteiger charge is -2.03. The standard InChI is InChI=1S/C13H15N5OS/c1-7-4-9(20-8(7)2)5-18-11-10(17-13(18)14)12(19-3)16-6-15-11/h4,6H,5H2,1-3H3,(H2,14,17). The van der Waals surface area contributed by atoms with Crippen molar-refractivity contribution < 1.29 is 4.74 Å². The first-order valence-corrected chi connectivity index (χ1v) is 6.98. The number of nitrogen functional groups attached to an aromatic ring is 1. The van der Waals surface area contributed by atoms with Gasteiger partial charge in [0.25, 0.3) is 0 Å². The summed E-state index contributed by atoms with van der Waals surface area (Å²) in [5.74, 6) is 0.862. The maximum Gasteiger partial charge on any atom is 0.245 e. The maximum absolute atomic E-state index is 6.00. The number of aromatic nitrogens is 4. The van der Waals surface area contributed by atoms with E-state index in [-0.39, 0.29) is 0 Å². The van der Waals surface area contributed by atoms with E-state index in [4.69, 9.17) is 10.5 Å². The second-order valence-electron chi connectivity index (χ2n) is 4.56. The fourth-order valence-electron chi connectivity index (χ4n) is 2.12. The summed E-state index contributed by atoms with van der Waals surface area (Å²) in [6.45, 7) is 4.88. The van der Waals surface area contributed by atoms with Crippen LogP contribution < -0.4 is 10.5 Å². The molecule has 0 aliphatic carbocycles. The van der Waals surface area contributed by atoms with Gasteiger partial charge in [0.05, 0.1) is 13.7 Å². The number of nitrogens with zero attached hydrogens (tertiary/aromatic N) is 4. The number of methoxy groups -OCH3 is 1. The van der Waals surface area contributed by atoms with Crippen molar-refractivity contribution in [3.63, 3.8) is 0 Å². The number of imidazole rings is 1. The Kier molecular flexibility index (Phi) is 3.06. The van der Waals surface area contributed by atoms with E-state index >= 15 is 0 Å². The van der Waals surface area contributed by atoms with E-state index in [0.29, 0.717) is 29.5 Å².